The highest BCUT2D eigenvalue weighted by atomic mass is 16.4. The van der Waals surface area contributed by atoms with E-state index in [0.717, 1.165) is 0 Å². The summed E-state index contributed by atoms with van der Waals surface area (Å²) in [5.41, 5.74) is 4.99. The first-order chi connectivity index (χ1) is 6.82. The largest absolute Gasteiger partial charge is 0.481 e. The summed E-state index contributed by atoms with van der Waals surface area (Å²) in [4.78, 5) is 31.0. The monoisotopic (exact) mass is 217 g/mol. The lowest BCUT2D eigenvalue weighted by Crippen LogP contribution is -2.13. The standard InChI is InChI=1S/C8H11NO6/c9-5(3-8(14)15)4(1-6(10)11)2-7(12)13/h1-3,9H2,(H,10,11)(H,12,13)(H,14,15). The van der Waals surface area contributed by atoms with Crippen molar-refractivity contribution in [3.8, 4) is 0 Å². The molecule has 0 aliphatic rings. The molecule has 15 heavy (non-hydrogen) atoms. The Bertz CT molecular complexity index is 301. The van der Waals surface area contributed by atoms with Gasteiger partial charge < -0.3 is 21.1 Å². The van der Waals surface area contributed by atoms with Gasteiger partial charge in [0.2, 0.25) is 0 Å². The van der Waals surface area contributed by atoms with Crippen molar-refractivity contribution in [1.29, 1.82) is 0 Å². The van der Waals surface area contributed by atoms with Gasteiger partial charge in [0.15, 0.2) is 0 Å². The number of carboxylic acid groups (broad SMARTS) is 3. The fourth-order valence-electron chi connectivity index (χ4n) is 0.943. The maximum absolute atomic E-state index is 10.4. The predicted octanol–water partition coefficient (Wildman–Crippen LogP) is -0.377. The Morgan fingerprint density at radius 2 is 1.13 bits per heavy atom. The van der Waals surface area contributed by atoms with E-state index in [-0.39, 0.29) is 11.3 Å². The first-order valence-corrected chi connectivity index (χ1v) is 3.94. The zero-order chi connectivity index (χ0) is 12.0. The van der Waals surface area contributed by atoms with Crippen LogP contribution in [0.2, 0.25) is 0 Å². The van der Waals surface area contributed by atoms with Crippen LogP contribution >= 0.6 is 0 Å². The van der Waals surface area contributed by atoms with Crippen molar-refractivity contribution in [1.82, 2.24) is 0 Å². The van der Waals surface area contributed by atoms with Gasteiger partial charge in [-0.15, -0.1) is 0 Å². The number of carbonyl (C=O) groups is 3. The Morgan fingerprint density at radius 1 is 0.800 bits per heavy atom. The van der Waals surface area contributed by atoms with Gasteiger partial charge in [0, 0.05) is 5.70 Å². The molecule has 0 aromatic heterocycles. The molecule has 0 aliphatic heterocycles. The second-order valence-corrected chi connectivity index (χ2v) is 2.84. The lowest BCUT2D eigenvalue weighted by molar-refractivity contribution is -0.138. The molecule has 0 atom stereocenters. The predicted molar refractivity (Wildman–Crippen MR) is 48.0 cm³/mol. The molecule has 0 saturated carbocycles. The summed E-state index contributed by atoms with van der Waals surface area (Å²) in [5.74, 6) is -3.74. The summed E-state index contributed by atoms with van der Waals surface area (Å²) in [7, 11) is 0. The van der Waals surface area contributed by atoms with E-state index in [1.54, 1.807) is 0 Å². The van der Waals surface area contributed by atoms with Crippen molar-refractivity contribution in [2.45, 2.75) is 19.3 Å². The number of hydrogen-bond donors (Lipinski definition) is 4. The fourth-order valence-corrected chi connectivity index (χ4v) is 0.943. The third kappa shape index (κ3) is 6.08. The normalized spacial score (nSPS) is 9.33. The maximum Gasteiger partial charge on any atom is 0.309 e. The minimum atomic E-state index is -1.25. The quantitative estimate of drug-likeness (QED) is 0.475. The van der Waals surface area contributed by atoms with Crippen molar-refractivity contribution >= 4 is 17.9 Å². The second kappa shape index (κ2) is 5.63. The van der Waals surface area contributed by atoms with Crippen LogP contribution in [0.15, 0.2) is 11.3 Å². The van der Waals surface area contributed by atoms with Gasteiger partial charge in [0.25, 0.3) is 0 Å². The molecule has 0 fully saturated rings. The molecule has 0 bridgehead atoms. The lowest BCUT2D eigenvalue weighted by Gasteiger charge is -2.06. The van der Waals surface area contributed by atoms with Crippen LogP contribution in [0.5, 0.6) is 0 Å². The van der Waals surface area contributed by atoms with Crippen molar-refractivity contribution in [2.75, 3.05) is 0 Å². The molecule has 84 valence electrons. The molecule has 0 aliphatic carbocycles. The Labute approximate surface area is 84.8 Å². The minimum absolute atomic E-state index is 0.0857. The van der Waals surface area contributed by atoms with Crippen LogP contribution in [0.4, 0.5) is 0 Å². The smallest absolute Gasteiger partial charge is 0.309 e. The highest BCUT2D eigenvalue weighted by Crippen LogP contribution is 2.12. The first kappa shape index (κ1) is 12.9. The van der Waals surface area contributed by atoms with Crippen LogP contribution in [0.1, 0.15) is 19.3 Å². The second-order valence-electron chi connectivity index (χ2n) is 2.84. The Kier molecular flexibility index (Phi) is 4.86. The van der Waals surface area contributed by atoms with E-state index < -0.39 is 37.2 Å². The van der Waals surface area contributed by atoms with Gasteiger partial charge >= 0.3 is 17.9 Å². The molecule has 5 N–H and O–H groups in total. The van der Waals surface area contributed by atoms with E-state index in [2.05, 4.69) is 0 Å². The summed E-state index contributed by atoms with van der Waals surface area (Å²) < 4.78 is 0. The molecule has 0 heterocycles. The third-order valence-electron chi connectivity index (χ3n) is 1.53. The van der Waals surface area contributed by atoms with Crippen LogP contribution in [0, 0.1) is 0 Å². The van der Waals surface area contributed by atoms with Gasteiger partial charge in [-0.05, 0) is 5.57 Å². The summed E-state index contributed by atoms with van der Waals surface area (Å²) in [6.07, 6.45) is -1.69. The fraction of sp³-hybridized carbons (Fsp3) is 0.375. The molecule has 0 rings (SSSR count). The Hall–Kier alpha value is -2.05. The van der Waals surface area contributed by atoms with E-state index >= 15 is 0 Å². The zero-order valence-electron chi connectivity index (χ0n) is 7.77. The van der Waals surface area contributed by atoms with Crippen molar-refractivity contribution < 1.29 is 29.7 Å². The first-order valence-electron chi connectivity index (χ1n) is 3.94. The van der Waals surface area contributed by atoms with Crippen molar-refractivity contribution in [3.05, 3.63) is 11.3 Å². The highest BCUT2D eigenvalue weighted by molar-refractivity contribution is 5.77. The van der Waals surface area contributed by atoms with Crippen molar-refractivity contribution in [3.63, 3.8) is 0 Å². The number of rotatable bonds is 6. The molecule has 0 saturated heterocycles. The van der Waals surface area contributed by atoms with E-state index in [1.165, 1.54) is 0 Å². The summed E-state index contributed by atoms with van der Waals surface area (Å²) in [5, 5.41) is 25.3. The average Bonchev–Trinajstić information content (AvgIpc) is 1.99. The van der Waals surface area contributed by atoms with Crippen LogP contribution < -0.4 is 5.73 Å². The van der Waals surface area contributed by atoms with Gasteiger partial charge in [0.1, 0.15) is 0 Å². The molecule has 0 spiro atoms. The van der Waals surface area contributed by atoms with Gasteiger partial charge in [-0.3, -0.25) is 14.4 Å². The molecular formula is C8H11NO6. The SMILES string of the molecule is NC(CC(=O)O)=C(CC(=O)O)CC(=O)O. The van der Waals surface area contributed by atoms with Crippen LogP contribution in [0.25, 0.3) is 0 Å². The van der Waals surface area contributed by atoms with Crippen LogP contribution in [-0.2, 0) is 14.4 Å². The van der Waals surface area contributed by atoms with Gasteiger partial charge in [-0.2, -0.15) is 0 Å². The molecular weight excluding hydrogens is 206 g/mol. The highest BCUT2D eigenvalue weighted by Gasteiger charge is 2.14. The molecule has 0 radical (unpaired) electrons. The van der Waals surface area contributed by atoms with Gasteiger partial charge in [-0.1, -0.05) is 0 Å². The van der Waals surface area contributed by atoms with Crippen molar-refractivity contribution in [2.24, 2.45) is 5.73 Å². The van der Waals surface area contributed by atoms with E-state index in [0.29, 0.717) is 0 Å². The molecule has 0 unspecified atom stereocenters. The van der Waals surface area contributed by atoms with Gasteiger partial charge in [-0.25, -0.2) is 0 Å². The number of hydrogen-bond acceptors (Lipinski definition) is 4. The van der Waals surface area contributed by atoms with Crippen LogP contribution in [0.3, 0.4) is 0 Å². The molecule has 0 aromatic carbocycles. The van der Waals surface area contributed by atoms with E-state index in [1.807, 2.05) is 0 Å². The number of nitrogens with two attached hydrogens (primary N) is 1. The molecule has 0 amide bonds. The summed E-state index contributed by atoms with van der Waals surface area (Å²) >= 11 is 0. The average molecular weight is 217 g/mol. The topological polar surface area (TPSA) is 138 Å². The molecule has 0 aromatic rings. The number of carboxylic acids is 3. The van der Waals surface area contributed by atoms with Crippen LogP contribution in [-0.4, -0.2) is 33.2 Å². The third-order valence-corrected chi connectivity index (χ3v) is 1.53. The van der Waals surface area contributed by atoms with E-state index in [4.69, 9.17) is 21.1 Å². The molecule has 7 nitrogen and oxygen atoms in total. The van der Waals surface area contributed by atoms with E-state index in [9.17, 15) is 14.4 Å². The summed E-state index contributed by atoms with van der Waals surface area (Å²) in [6.45, 7) is 0. The Balaban J connectivity index is 4.78. The summed E-state index contributed by atoms with van der Waals surface area (Å²) in [6, 6.07) is 0. The number of aliphatic carboxylic acids is 3. The molecule has 7 heteroatoms. The maximum atomic E-state index is 10.4. The minimum Gasteiger partial charge on any atom is -0.481 e. The Morgan fingerprint density at radius 3 is 1.40 bits per heavy atom. The zero-order valence-corrected chi connectivity index (χ0v) is 7.77. The lowest BCUT2D eigenvalue weighted by atomic mass is 10.1. The van der Waals surface area contributed by atoms with Gasteiger partial charge in [0.05, 0.1) is 19.3 Å².